The number of anilines is 2. The van der Waals surface area contributed by atoms with Crippen molar-refractivity contribution in [3.8, 4) is 5.75 Å². The summed E-state index contributed by atoms with van der Waals surface area (Å²) in [7, 11) is 1.57. The summed E-state index contributed by atoms with van der Waals surface area (Å²) in [6.07, 6.45) is 2.32. The summed E-state index contributed by atoms with van der Waals surface area (Å²) in [6.45, 7) is 3.56. The molecule has 1 aromatic rings. The highest BCUT2D eigenvalue weighted by Crippen LogP contribution is 2.26. The second-order valence-corrected chi connectivity index (χ2v) is 4.97. The van der Waals surface area contributed by atoms with Crippen molar-refractivity contribution in [2.24, 2.45) is 0 Å². The van der Waals surface area contributed by atoms with E-state index in [4.69, 9.17) is 10.5 Å². The molecule has 1 aliphatic rings. The van der Waals surface area contributed by atoms with Crippen molar-refractivity contribution >= 4 is 17.3 Å². The highest BCUT2D eigenvalue weighted by molar-refractivity contribution is 5.94. The molecule has 1 aromatic carbocycles. The zero-order valence-electron chi connectivity index (χ0n) is 11.5. The van der Waals surface area contributed by atoms with Gasteiger partial charge in [-0.25, -0.2) is 0 Å². The van der Waals surface area contributed by atoms with Crippen molar-refractivity contribution in [2.45, 2.75) is 25.8 Å². The Bertz CT molecular complexity index is 462. The van der Waals surface area contributed by atoms with Gasteiger partial charge in [0.05, 0.1) is 19.3 Å². The lowest BCUT2D eigenvalue weighted by atomic mass is 10.2. The second-order valence-electron chi connectivity index (χ2n) is 4.97. The number of nitrogens with one attached hydrogen (secondary N) is 1. The van der Waals surface area contributed by atoms with Gasteiger partial charge in [-0.1, -0.05) is 0 Å². The van der Waals surface area contributed by atoms with E-state index in [0.29, 0.717) is 29.7 Å². The standard InChI is InChI=1S/C14H21N3O2/c1-10-4-3-7-17(10)9-14(18)16-12-8-11(15)5-6-13(12)19-2/h5-6,8,10H,3-4,7,9,15H2,1-2H3,(H,16,18). The van der Waals surface area contributed by atoms with Gasteiger partial charge < -0.3 is 15.8 Å². The van der Waals surface area contributed by atoms with Gasteiger partial charge in [0.2, 0.25) is 5.91 Å². The molecule has 0 aromatic heterocycles. The first-order valence-electron chi connectivity index (χ1n) is 6.57. The van der Waals surface area contributed by atoms with Crippen LogP contribution in [0.5, 0.6) is 5.75 Å². The normalized spacial score (nSPS) is 19.4. The average Bonchev–Trinajstić information content (AvgIpc) is 2.75. The Morgan fingerprint density at radius 3 is 3.00 bits per heavy atom. The Morgan fingerprint density at radius 2 is 2.37 bits per heavy atom. The van der Waals surface area contributed by atoms with Gasteiger partial charge in [0.15, 0.2) is 0 Å². The third-order valence-electron chi connectivity index (χ3n) is 3.53. The van der Waals surface area contributed by atoms with Gasteiger partial charge in [0, 0.05) is 11.7 Å². The van der Waals surface area contributed by atoms with Crippen LogP contribution in [-0.2, 0) is 4.79 Å². The number of hydrogen-bond acceptors (Lipinski definition) is 4. The maximum Gasteiger partial charge on any atom is 0.238 e. The minimum absolute atomic E-state index is 0.0300. The van der Waals surface area contributed by atoms with E-state index in [-0.39, 0.29) is 5.91 Å². The number of amides is 1. The van der Waals surface area contributed by atoms with Crippen LogP contribution in [0.2, 0.25) is 0 Å². The van der Waals surface area contributed by atoms with E-state index in [1.165, 1.54) is 0 Å². The van der Waals surface area contributed by atoms with Gasteiger partial charge >= 0.3 is 0 Å². The van der Waals surface area contributed by atoms with Crippen LogP contribution in [0.3, 0.4) is 0 Å². The van der Waals surface area contributed by atoms with Crippen LogP contribution in [0, 0.1) is 0 Å². The van der Waals surface area contributed by atoms with Gasteiger partial charge in [0.25, 0.3) is 0 Å². The number of ether oxygens (including phenoxy) is 1. The van der Waals surface area contributed by atoms with Crippen LogP contribution >= 0.6 is 0 Å². The number of carbonyl (C=O) groups is 1. The van der Waals surface area contributed by atoms with Crippen molar-refractivity contribution in [1.82, 2.24) is 4.90 Å². The van der Waals surface area contributed by atoms with Crippen LogP contribution in [0.4, 0.5) is 11.4 Å². The molecule has 0 radical (unpaired) electrons. The lowest BCUT2D eigenvalue weighted by Gasteiger charge is -2.20. The zero-order chi connectivity index (χ0) is 13.8. The molecule has 1 amide bonds. The molecule has 1 saturated heterocycles. The molecule has 0 saturated carbocycles. The number of rotatable bonds is 4. The van der Waals surface area contributed by atoms with E-state index in [1.54, 1.807) is 25.3 Å². The summed E-state index contributed by atoms with van der Waals surface area (Å²) in [5, 5.41) is 2.86. The molecule has 1 heterocycles. The predicted octanol–water partition coefficient (Wildman–Crippen LogP) is 1.70. The monoisotopic (exact) mass is 263 g/mol. The molecule has 104 valence electrons. The summed E-state index contributed by atoms with van der Waals surface area (Å²) in [5.41, 5.74) is 6.95. The second kappa shape index (κ2) is 5.93. The quantitative estimate of drug-likeness (QED) is 0.811. The molecule has 19 heavy (non-hydrogen) atoms. The number of nitrogens with two attached hydrogens (primary N) is 1. The fraction of sp³-hybridized carbons (Fsp3) is 0.500. The SMILES string of the molecule is COc1ccc(N)cc1NC(=O)CN1CCCC1C. The molecule has 2 rings (SSSR count). The van der Waals surface area contributed by atoms with Gasteiger partial charge in [-0.2, -0.15) is 0 Å². The van der Waals surface area contributed by atoms with E-state index < -0.39 is 0 Å². The van der Waals surface area contributed by atoms with E-state index in [2.05, 4.69) is 17.1 Å². The maximum absolute atomic E-state index is 12.0. The molecule has 0 aliphatic carbocycles. The topological polar surface area (TPSA) is 67.6 Å². The largest absolute Gasteiger partial charge is 0.495 e. The Balaban J connectivity index is 2.00. The van der Waals surface area contributed by atoms with Crippen LogP contribution in [-0.4, -0.2) is 37.0 Å². The molecule has 5 nitrogen and oxygen atoms in total. The van der Waals surface area contributed by atoms with Gasteiger partial charge in [-0.05, 0) is 44.5 Å². The number of benzene rings is 1. The van der Waals surface area contributed by atoms with E-state index in [9.17, 15) is 4.79 Å². The van der Waals surface area contributed by atoms with Crippen LogP contribution in [0.25, 0.3) is 0 Å². The highest BCUT2D eigenvalue weighted by atomic mass is 16.5. The molecule has 1 fully saturated rings. The minimum atomic E-state index is -0.0300. The summed E-state index contributed by atoms with van der Waals surface area (Å²) >= 11 is 0. The van der Waals surface area contributed by atoms with E-state index in [1.807, 2.05) is 0 Å². The predicted molar refractivity (Wildman–Crippen MR) is 76.3 cm³/mol. The molecular formula is C14H21N3O2. The summed E-state index contributed by atoms with van der Waals surface area (Å²) in [5.74, 6) is 0.592. The fourth-order valence-corrected chi connectivity index (χ4v) is 2.43. The Kier molecular flexibility index (Phi) is 4.27. The number of nitrogens with zero attached hydrogens (tertiary/aromatic N) is 1. The first-order valence-corrected chi connectivity index (χ1v) is 6.57. The third kappa shape index (κ3) is 3.38. The molecule has 0 spiro atoms. The van der Waals surface area contributed by atoms with Gasteiger partial charge in [-0.15, -0.1) is 0 Å². The lowest BCUT2D eigenvalue weighted by Crippen LogP contribution is -2.35. The fourth-order valence-electron chi connectivity index (χ4n) is 2.43. The van der Waals surface area contributed by atoms with Crippen molar-refractivity contribution in [3.05, 3.63) is 18.2 Å². The number of hydrogen-bond donors (Lipinski definition) is 2. The van der Waals surface area contributed by atoms with Crippen LogP contribution in [0.1, 0.15) is 19.8 Å². The van der Waals surface area contributed by atoms with Crippen molar-refractivity contribution < 1.29 is 9.53 Å². The summed E-state index contributed by atoms with van der Waals surface area (Å²) in [4.78, 5) is 14.2. The average molecular weight is 263 g/mol. The molecule has 1 aliphatic heterocycles. The van der Waals surface area contributed by atoms with Crippen molar-refractivity contribution in [3.63, 3.8) is 0 Å². The Labute approximate surface area is 113 Å². The van der Waals surface area contributed by atoms with E-state index in [0.717, 1.165) is 19.4 Å². The molecule has 1 unspecified atom stereocenters. The smallest absolute Gasteiger partial charge is 0.238 e. The van der Waals surface area contributed by atoms with Crippen LogP contribution < -0.4 is 15.8 Å². The van der Waals surface area contributed by atoms with E-state index >= 15 is 0 Å². The van der Waals surface area contributed by atoms with Crippen LogP contribution in [0.15, 0.2) is 18.2 Å². The number of likely N-dealkylation sites (tertiary alicyclic amines) is 1. The number of methoxy groups -OCH3 is 1. The summed E-state index contributed by atoms with van der Waals surface area (Å²) < 4.78 is 5.21. The maximum atomic E-state index is 12.0. The number of nitrogen functional groups attached to an aromatic ring is 1. The summed E-state index contributed by atoms with van der Waals surface area (Å²) in [6, 6.07) is 5.69. The lowest BCUT2D eigenvalue weighted by molar-refractivity contribution is -0.117. The molecule has 5 heteroatoms. The first-order chi connectivity index (χ1) is 9.10. The molecular weight excluding hydrogens is 242 g/mol. The minimum Gasteiger partial charge on any atom is -0.495 e. The van der Waals surface area contributed by atoms with Gasteiger partial charge in [0.1, 0.15) is 5.75 Å². The van der Waals surface area contributed by atoms with Crippen molar-refractivity contribution in [2.75, 3.05) is 31.2 Å². The Hall–Kier alpha value is -1.75. The number of carbonyl (C=O) groups excluding carboxylic acids is 1. The van der Waals surface area contributed by atoms with Gasteiger partial charge in [-0.3, -0.25) is 9.69 Å². The Morgan fingerprint density at radius 1 is 1.58 bits per heavy atom. The van der Waals surface area contributed by atoms with Crippen molar-refractivity contribution in [1.29, 1.82) is 0 Å². The third-order valence-corrected chi connectivity index (χ3v) is 3.53. The molecule has 1 atom stereocenters. The zero-order valence-corrected chi connectivity index (χ0v) is 11.5. The highest BCUT2D eigenvalue weighted by Gasteiger charge is 2.22. The molecule has 3 N–H and O–H groups in total. The first kappa shape index (κ1) is 13.7. The molecule has 0 bridgehead atoms.